The summed E-state index contributed by atoms with van der Waals surface area (Å²) in [7, 11) is 1.24. The minimum Gasteiger partial charge on any atom is -0.481 e. The SMILES string of the molecule is COC(=O)Nc1nc(CC(=O)NCCC(=O)O)cs1. The predicted molar refractivity (Wildman–Crippen MR) is 67.1 cm³/mol. The molecule has 0 aliphatic rings. The van der Waals surface area contributed by atoms with Crippen LogP contribution >= 0.6 is 11.3 Å². The summed E-state index contributed by atoms with van der Waals surface area (Å²) < 4.78 is 4.40. The Balaban J connectivity index is 2.38. The standard InChI is InChI=1S/C10H13N3O5S/c1-18-10(17)13-9-12-6(5-19-9)4-7(14)11-3-2-8(15)16/h5H,2-4H2,1H3,(H,11,14)(H,15,16)(H,12,13,17). The number of carboxylic acid groups (broad SMARTS) is 1. The Labute approximate surface area is 112 Å². The molecule has 0 aliphatic heterocycles. The fourth-order valence-electron chi connectivity index (χ4n) is 1.12. The molecule has 0 bridgehead atoms. The van der Waals surface area contributed by atoms with Gasteiger partial charge in [0.15, 0.2) is 5.13 Å². The van der Waals surface area contributed by atoms with Gasteiger partial charge in [0.2, 0.25) is 5.91 Å². The maximum Gasteiger partial charge on any atom is 0.413 e. The Hall–Kier alpha value is -2.16. The highest BCUT2D eigenvalue weighted by Gasteiger charge is 2.09. The van der Waals surface area contributed by atoms with Crippen molar-refractivity contribution in [2.45, 2.75) is 12.8 Å². The molecule has 3 N–H and O–H groups in total. The van der Waals surface area contributed by atoms with Crippen molar-refractivity contribution in [2.24, 2.45) is 0 Å². The van der Waals surface area contributed by atoms with Crippen LogP contribution in [0.15, 0.2) is 5.38 Å². The van der Waals surface area contributed by atoms with Gasteiger partial charge < -0.3 is 15.2 Å². The van der Waals surface area contributed by atoms with Gasteiger partial charge in [0, 0.05) is 11.9 Å². The molecule has 1 heterocycles. The zero-order chi connectivity index (χ0) is 14.3. The lowest BCUT2D eigenvalue weighted by Crippen LogP contribution is -2.27. The molecule has 0 aliphatic carbocycles. The summed E-state index contributed by atoms with van der Waals surface area (Å²) in [6.45, 7) is 0.0750. The maximum atomic E-state index is 11.4. The molecule has 19 heavy (non-hydrogen) atoms. The van der Waals surface area contributed by atoms with E-state index in [4.69, 9.17) is 5.11 Å². The minimum atomic E-state index is -0.974. The van der Waals surface area contributed by atoms with Gasteiger partial charge in [0.05, 0.1) is 25.6 Å². The number of aromatic nitrogens is 1. The summed E-state index contributed by atoms with van der Waals surface area (Å²) in [6.07, 6.45) is -0.733. The topological polar surface area (TPSA) is 118 Å². The molecule has 9 heteroatoms. The van der Waals surface area contributed by atoms with E-state index in [0.717, 1.165) is 0 Å². The zero-order valence-electron chi connectivity index (χ0n) is 10.1. The molecule has 1 aromatic heterocycles. The van der Waals surface area contributed by atoms with E-state index in [9.17, 15) is 14.4 Å². The van der Waals surface area contributed by atoms with Gasteiger partial charge in [-0.15, -0.1) is 11.3 Å². The summed E-state index contributed by atoms with van der Waals surface area (Å²) in [4.78, 5) is 36.6. The molecule has 0 atom stereocenters. The van der Waals surface area contributed by atoms with E-state index in [1.54, 1.807) is 5.38 Å². The quantitative estimate of drug-likeness (QED) is 0.699. The van der Waals surface area contributed by atoms with E-state index in [-0.39, 0.29) is 25.3 Å². The first kappa shape index (κ1) is 14.9. The Morgan fingerprint density at radius 3 is 2.84 bits per heavy atom. The number of hydrogen-bond acceptors (Lipinski definition) is 6. The molecule has 0 saturated heterocycles. The second-order valence-electron chi connectivity index (χ2n) is 3.43. The van der Waals surface area contributed by atoms with Gasteiger partial charge in [-0.25, -0.2) is 9.78 Å². The molecule has 8 nitrogen and oxygen atoms in total. The number of carbonyl (C=O) groups excluding carboxylic acids is 2. The summed E-state index contributed by atoms with van der Waals surface area (Å²) in [6, 6.07) is 0. The second-order valence-corrected chi connectivity index (χ2v) is 4.29. The molecular weight excluding hydrogens is 274 g/mol. The molecule has 1 rings (SSSR count). The highest BCUT2D eigenvalue weighted by atomic mass is 32.1. The van der Waals surface area contributed by atoms with E-state index < -0.39 is 12.1 Å². The normalized spacial score (nSPS) is 9.74. The Bertz CT molecular complexity index is 473. The van der Waals surface area contributed by atoms with Crippen LogP contribution in [0.2, 0.25) is 0 Å². The van der Waals surface area contributed by atoms with Crippen molar-refractivity contribution in [3.05, 3.63) is 11.1 Å². The minimum absolute atomic E-state index is 0.0268. The number of carbonyl (C=O) groups is 3. The highest BCUT2D eigenvalue weighted by molar-refractivity contribution is 7.13. The monoisotopic (exact) mass is 287 g/mol. The van der Waals surface area contributed by atoms with Crippen molar-refractivity contribution in [3.8, 4) is 0 Å². The summed E-state index contributed by atoms with van der Waals surface area (Å²) in [5.74, 6) is -1.30. The molecule has 0 saturated carbocycles. The molecule has 0 spiro atoms. The first-order valence-corrected chi connectivity index (χ1v) is 6.17. The van der Waals surface area contributed by atoms with Crippen molar-refractivity contribution in [1.82, 2.24) is 10.3 Å². The van der Waals surface area contributed by atoms with E-state index in [1.165, 1.54) is 18.4 Å². The summed E-state index contributed by atoms with van der Waals surface area (Å²) >= 11 is 1.17. The van der Waals surface area contributed by atoms with E-state index in [2.05, 4.69) is 20.4 Å². The van der Waals surface area contributed by atoms with Crippen LogP contribution in [0.25, 0.3) is 0 Å². The predicted octanol–water partition coefficient (Wildman–Crippen LogP) is 0.455. The molecule has 104 valence electrons. The Kier molecular flexibility index (Phi) is 5.73. The lowest BCUT2D eigenvalue weighted by molar-refractivity contribution is -0.136. The maximum absolute atomic E-state index is 11.4. The lowest BCUT2D eigenvalue weighted by atomic mass is 10.3. The van der Waals surface area contributed by atoms with Crippen LogP contribution < -0.4 is 10.6 Å². The average Bonchev–Trinajstić information content (AvgIpc) is 2.75. The van der Waals surface area contributed by atoms with Gasteiger partial charge in [-0.05, 0) is 0 Å². The molecule has 0 aromatic carbocycles. The van der Waals surface area contributed by atoms with Crippen LogP contribution in [0.4, 0.5) is 9.93 Å². The Morgan fingerprint density at radius 2 is 2.21 bits per heavy atom. The third-order valence-corrected chi connectivity index (χ3v) is 2.76. The number of hydrogen-bond donors (Lipinski definition) is 3. The van der Waals surface area contributed by atoms with Gasteiger partial charge >= 0.3 is 12.1 Å². The lowest BCUT2D eigenvalue weighted by Gasteiger charge is -2.01. The number of nitrogens with zero attached hydrogens (tertiary/aromatic N) is 1. The third kappa shape index (κ3) is 5.82. The molecule has 0 unspecified atom stereocenters. The van der Waals surface area contributed by atoms with Crippen molar-refractivity contribution < 1.29 is 24.2 Å². The van der Waals surface area contributed by atoms with Gasteiger partial charge in [0.1, 0.15) is 0 Å². The number of anilines is 1. The fourth-order valence-corrected chi connectivity index (χ4v) is 1.82. The summed E-state index contributed by atoms with van der Waals surface area (Å²) in [5, 5.41) is 15.2. The van der Waals surface area contributed by atoms with Gasteiger partial charge in [0.25, 0.3) is 0 Å². The number of amides is 2. The Morgan fingerprint density at radius 1 is 1.47 bits per heavy atom. The van der Waals surface area contributed by atoms with E-state index in [1.807, 2.05) is 0 Å². The van der Waals surface area contributed by atoms with Gasteiger partial charge in [-0.3, -0.25) is 14.9 Å². The van der Waals surface area contributed by atoms with Crippen LogP contribution in [0, 0.1) is 0 Å². The fraction of sp³-hybridized carbons (Fsp3) is 0.400. The van der Waals surface area contributed by atoms with Crippen molar-refractivity contribution in [3.63, 3.8) is 0 Å². The number of methoxy groups -OCH3 is 1. The van der Waals surface area contributed by atoms with Crippen LogP contribution in [0.3, 0.4) is 0 Å². The van der Waals surface area contributed by atoms with E-state index in [0.29, 0.717) is 10.8 Å². The number of aliphatic carboxylic acids is 1. The molecule has 1 aromatic rings. The number of thiazole rings is 1. The number of nitrogens with one attached hydrogen (secondary N) is 2. The van der Waals surface area contributed by atoms with Gasteiger partial charge in [-0.2, -0.15) is 0 Å². The largest absolute Gasteiger partial charge is 0.481 e. The number of ether oxygens (including phenoxy) is 1. The van der Waals surface area contributed by atoms with Crippen LogP contribution in [0.5, 0.6) is 0 Å². The molecule has 2 amide bonds. The zero-order valence-corrected chi connectivity index (χ0v) is 11.0. The van der Waals surface area contributed by atoms with Crippen LogP contribution in [0.1, 0.15) is 12.1 Å². The second kappa shape index (κ2) is 7.31. The average molecular weight is 287 g/mol. The van der Waals surface area contributed by atoms with Crippen molar-refractivity contribution in [2.75, 3.05) is 19.0 Å². The van der Waals surface area contributed by atoms with Crippen molar-refractivity contribution in [1.29, 1.82) is 0 Å². The third-order valence-electron chi connectivity index (χ3n) is 1.95. The molecular formula is C10H13N3O5S. The summed E-state index contributed by atoms with van der Waals surface area (Å²) in [5.41, 5.74) is 0.490. The first-order chi connectivity index (χ1) is 9.01. The molecule has 0 fully saturated rings. The smallest absolute Gasteiger partial charge is 0.413 e. The highest BCUT2D eigenvalue weighted by Crippen LogP contribution is 2.15. The van der Waals surface area contributed by atoms with Crippen LogP contribution in [-0.4, -0.2) is 41.7 Å². The number of carboxylic acids is 1. The van der Waals surface area contributed by atoms with Crippen molar-refractivity contribution >= 4 is 34.4 Å². The molecule has 0 radical (unpaired) electrons. The van der Waals surface area contributed by atoms with Crippen LogP contribution in [-0.2, 0) is 20.7 Å². The first-order valence-electron chi connectivity index (χ1n) is 5.29. The van der Waals surface area contributed by atoms with E-state index >= 15 is 0 Å². The van der Waals surface area contributed by atoms with Gasteiger partial charge in [-0.1, -0.05) is 0 Å². The number of rotatable bonds is 6.